The fourth-order valence-electron chi connectivity index (χ4n) is 5.02. The molecule has 0 aromatic carbocycles. The molecule has 10 heteroatoms. The third-order valence-corrected chi connectivity index (χ3v) is 6.94. The normalized spacial score (nSPS) is 19.8. The van der Waals surface area contributed by atoms with Crippen LogP contribution in [0.4, 0.5) is 5.82 Å². The van der Waals surface area contributed by atoms with Crippen LogP contribution < -0.4 is 5.32 Å². The molecule has 2 fully saturated rings. The smallest absolute Gasteiger partial charge is 0.225 e. The van der Waals surface area contributed by atoms with Crippen molar-refractivity contribution in [2.45, 2.75) is 52.1 Å². The molecule has 1 unspecified atom stereocenters. The highest BCUT2D eigenvalue weighted by molar-refractivity contribution is 5.86. The molecule has 0 bridgehead atoms. The number of piperidine rings is 1. The number of hydrogen-bond acceptors (Lipinski definition) is 7. The van der Waals surface area contributed by atoms with Gasteiger partial charge in [0, 0.05) is 57.5 Å². The van der Waals surface area contributed by atoms with Crippen molar-refractivity contribution in [2.24, 2.45) is 13.0 Å². The number of fused-ring (bicyclic) bond motifs is 1. The van der Waals surface area contributed by atoms with Gasteiger partial charge in [-0.2, -0.15) is 5.10 Å². The predicted octanol–water partition coefficient (Wildman–Crippen LogP) is 2.38. The molecule has 1 atom stereocenters. The lowest BCUT2D eigenvalue weighted by molar-refractivity contribution is -0.139. The molecule has 1 amide bonds. The van der Waals surface area contributed by atoms with Crippen LogP contribution in [0.15, 0.2) is 12.5 Å². The zero-order chi connectivity index (χ0) is 22.9. The molecular formula is C23H32N8O2. The van der Waals surface area contributed by atoms with Crippen LogP contribution in [-0.4, -0.2) is 72.5 Å². The van der Waals surface area contributed by atoms with E-state index in [1.165, 1.54) is 0 Å². The number of anilines is 1. The van der Waals surface area contributed by atoms with Crippen LogP contribution in [0.25, 0.3) is 22.6 Å². The summed E-state index contributed by atoms with van der Waals surface area (Å²) in [5.41, 5.74) is 3.59. The van der Waals surface area contributed by atoms with Gasteiger partial charge in [0.1, 0.15) is 12.2 Å². The van der Waals surface area contributed by atoms with Gasteiger partial charge in [0.05, 0.1) is 11.8 Å². The van der Waals surface area contributed by atoms with Crippen molar-refractivity contribution in [1.82, 2.24) is 34.2 Å². The molecule has 0 saturated carbocycles. The highest BCUT2D eigenvalue weighted by atomic mass is 16.5. The Kier molecular flexibility index (Phi) is 6.01. The van der Waals surface area contributed by atoms with Crippen LogP contribution in [-0.2, 0) is 23.1 Å². The second-order valence-corrected chi connectivity index (χ2v) is 9.00. The number of aromatic nitrogens is 6. The lowest BCUT2D eigenvalue weighted by Crippen LogP contribution is -2.48. The third kappa shape index (κ3) is 4.07. The van der Waals surface area contributed by atoms with Gasteiger partial charge in [0.2, 0.25) is 5.91 Å². The number of carbonyl (C=O) groups excluding carboxylic acids is 1. The average molecular weight is 453 g/mol. The standard InChI is InChI=1S/C23H32N8O2/c1-4-31-15(2)18(12-26-31)21-28-19-20(24-14-25-22(19)29(21)3)27-17-6-5-9-30(13-17)23(32)16-7-10-33-11-8-16/h12,14,16-17H,4-11,13H2,1-3H3,(H,24,25,27). The van der Waals surface area contributed by atoms with E-state index in [0.717, 1.165) is 67.0 Å². The predicted molar refractivity (Wildman–Crippen MR) is 125 cm³/mol. The van der Waals surface area contributed by atoms with E-state index in [1.54, 1.807) is 6.33 Å². The van der Waals surface area contributed by atoms with Crippen LogP contribution in [0.3, 0.4) is 0 Å². The summed E-state index contributed by atoms with van der Waals surface area (Å²) in [7, 11) is 1.97. The van der Waals surface area contributed by atoms with E-state index in [4.69, 9.17) is 9.72 Å². The highest BCUT2D eigenvalue weighted by Gasteiger charge is 2.30. The minimum absolute atomic E-state index is 0.0916. The summed E-state index contributed by atoms with van der Waals surface area (Å²) in [5, 5.41) is 8.04. The number of hydrogen-bond donors (Lipinski definition) is 1. The number of amides is 1. The van der Waals surface area contributed by atoms with Crippen LogP contribution in [0.1, 0.15) is 38.3 Å². The first-order valence-corrected chi connectivity index (χ1v) is 11.9. The lowest BCUT2D eigenvalue weighted by atomic mass is 9.96. The Bertz CT molecular complexity index is 1150. The molecule has 2 aliphatic heterocycles. The van der Waals surface area contributed by atoms with Crippen LogP contribution in [0, 0.1) is 12.8 Å². The minimum Gasteiger partial charge on any atom is -0.381 e. The van der Waals surface area contributed by atoms with Crippen LogP contribution in [0.2, 0.25) is 0 Å². The summed E-state index contributed by atoms with van der Waals surface area (Å²) in [5.74, 6) is 1.90. The zero-order valence-corrected chi connectivity index (χ0v) is 19.6. The van der Waals surface area contributed by atoms with Gasteiger partial charge in [-0.15, -0.1) is 0 Å². The van der Waals surface area contributed by atoms with Crippen molar-refractivity contribution < 1.29 is 9.53 Å². The second kappa shape index (κ2) is 9.09. The fraction of sp³-hybridized carbons (Fsp3) is 0.609. The monoisotopic (exact) mass is 452 g/mol. The van der Waals surface area contributed by atoms with E-state index in [2.05, 4.69) is 34.2 Å². The van der Waals surface area contributed by atoms with Crippen molar-refractivity contribution in [3.8, 4) is 11.4 Å². The maximum atomic E-state index is 13.0. The summed E-state index contributed by atoms with van der Waals surface area (Å²) in [6, 6.07) is 0.135. The Balaban J connectivity index is 1.37. The second-order valence-electron chi connectivity index (χ2n) is 9.00. The van der Waals surface area contributed by atoms with Gasteiger partial charge in [-0.3, -0.25) is 9.48 Å². The molecule has 0 spiro atoms. The summed E-state index contributed by atoms with van der Waals surface area (Å²) >= 11 is 0. The highest BCUT2D eigenvalue weighted by Crippen LogP contribution is 2.29. The molecule has 1 N–H and O–H groups in total. The summed E-state index contributed by atoms with van der Waals surface area (Å²) < 4.78 is 9.38. The van der Waals surface area contributed by atoms with E-state index in [-0.39, 0.29) is 17.9 Å². The number of likely N-dealkylation sites (tertiary alicyclic amines) is 1. The van der Waals surface area contributed by atoms with Gasteiger partial charge in [-0.05, 0) is 39.5 Å². The van der Waals surface area contributed by atoms with Crippen LogP contribution in [0.5, 0.6) is 0 Å². The van der Waals surface area contributed by atoms with E-state index >= 15 is 0 Å². The Morgan fingerprint density at radius 3 is 2.82 bits per heavy atom. The molecule has 5 rings (SSSR count). The van der Waals surface area contributed by atoms with Crippen molar-refractivity contribution in [1.29, 1.82) is 0 Å². The van der Waals surface area contributed by atoms with Crippen molar-refractivity contribution >= 4 is 22.9 Å². The molecule has 0 aliphatic carbocycles. The molecule has 5 heterocycles. The van der Waals surface area contributed by atoms with Crippen LogP contribution >= 0.6 is 0 Å². The molecule has 2 saturated heterocycles. The minimum atomic E-state index is 0.0916. The van der Waals surface area contributed by atoms with Gasteiger partial charge in [-0.1, -0.05) is 0 Å². The molecular weight excluding hydrogens is 420 g/mol. The first-order valence-electron chi connectivity index (χ1n) is 11.9. The number of carbonyl (C=O) groups is 1. The van der Waals surface area contributed by atoms with Gasteiger partial charge < -0.3 is 19.5 Å². The molecule has 176 valence electrons. The Morgan fingerprint density at radius 2 is 2.06 bits per heavy atom. The Hall–Kier alpha value is -3.01. The van der Waals surface area contributed by atoms with E-state index in [9.17, 15) is 4.79 Å². The first-order chi connectivity index (χ1) is 16.1. The quantitative estimate of drug-likeness (QED) is 0.634. The molecule has 33 heavy (non-hydrogen) atoms. The Morgan fingerprint density at radius 1 is 1.24 bits per heavy atom. The van der Waals surface area contributed by atoms with Gasteiger partial charge in [0.15, 0.2) is 17.0 Å². The largest absolute Gasteiger partial charge is 0.381 e. The lowest BCUT2D eigenvalue weighted by Gasteiger charge is -2.36. The molecule has 2 aliphatic rings. The maximum Gasteiger partial charge on any atom is 0.225 e. The Labute approximate surface area is 193 Å². The van der Waals surface area contributed by atoms with E-state index < -0.39 is 0 Å². The molecule has 3 aromatic rings. The van der Waals surface area contributed by atoms with Gasteiger partial charge in [-0.25, -0.2) is 15.0 Å². The van der Waals surface area contributed by atoms with E-state index in [1.807, 2.05) is 27.4 Å². The van der Waals surface area contributed by atoms with E-state index in [0.29, 0.717) is 25.6 Å². The number of imidazole rings is 1. The fourth-order valence-corrected chi connectivity index (χ4v) is 5.02. The number of rotatable bonds is 5. The zero-order valence-electron chi connectivity index (χ0n) is 19.6. The van der Waals surface area contributed by atoms with Gasteiger partial charge in [0.25, 0.3) is 0 Å². The van der Waals surface area contributed by atoms with Crippen molar-refractivity contribution in [3.63, 3.8) is 0 Å². The topological polar surface area (TPSA) is 103 Å². The summed E-state index contributed by atoms with van der Waals surface area (Å²) in [4.78, 5) is 28.9. The number of nitrogens with zero attached hydrogens (tertiary/aromatic N) is 7. The molecule has 10 nitrogen and oxygen atoms in total. The molecule has 0 radical (unpaired) electrons. The summed E-state index contributed by atoms with van der Waals surface area (Å²) in [6.07, 6.45) is 7.05. The third-order valence-electron chi connectivity index (χ3n) is 6.94. The number of nitrogens with one attached hydrogen (secondary N) is 1. The first kappa shape index (κ1) is 21.8. The maximum absolute atomic E-state index is 13.0. The SMILES string of the molecule is CCn1ncc(-c2nc3c(NC4CCCN(C(=O)C5CCOCC5)C4)ncnc3n2C)c1C. The van der Waals surface area contributed by atoms with Gasteiger partial charge >= 0.3 is 0 Å². The number of aryl methyl sites for hydroxylation is 2. The molecule has 3 aromatic heterocycles. The number of ether oxygens (including phenoxy) is 1. The van der Waals surface area contributed by atoms with Crippen molar-refractivity contribution in [3.05, 3.63) is 18.2 Å². The average Bonchev–Trinajstić information content (AvgIpc) is 3.39. The van der Waals surface area contributed by atoms with Crippen molar-refractivity contribution in [2.75, 3.05) is 31.6 Å². The summed E-state index contributed by atoms with van der Waals surface area (Å²) in [6.45, 7) is 7.82.